The second-order valence-corrected chi connectivity index (χ2v) is 12.2. The summed E-state index contributed by atoms with van der Waals surface area (Å²) in [6.07, 6.45) is 2.20. The summed E-state index contributed by atoms with van der Waals surface area (Å²) in [6.45, 7) is 5.82. The van der Waals surface area contributed by atoms with Gasteiger partial charge in [0.2, 0.25) is 0 Å². The minimum absolute atomic E-state index is 1.03. The van der Waals surface area contributed by atoms with Crippen LogP contribution in [0.3, 0.4) is 0 Å². The van der Waals surface area contributed by atoms with Gasteiger partial charge in [0.05, 0.1) is 0 Å². The standard InChI is InChI=1S/2C17H15.C2H4.2FH.Zr/c2*1-2-13-11-15-9-6-10-16(17(15)12-13)14-7-4-3-5-8-14;1-2;;;/h2*3-12H,2H2,1H3;1H,2H3;2*1H;/q2*-1;;;;+2/p-2. The first kappa shape index (κ1) is 28.7. The van der Waals surface area contributed by atoms with Crippen LogP contribution >= 0.6 is 0 Å². The summed E-state index contributed by atoms with van der Waals surface area (Å²) < 4.78 is 22.8. The quantitative estimate of drug-likeness (QED) is 0.178. The molecule has 0 aromatic heterocycles. The molecule has 0 aliphatic heterocycles. The van der Waals surface area contributed by atoms with Crippen LogP contribution in [0.25, 0.3) is 43.8 Å². The SMILES string of the molecule is CCc1cc2c(-c3ccccc3)cccc2[cH-]1.CCc1cc2c(-c3ccccc3)cccc2[cH-]1.C[CH]=[Zr]([F])[F]. The van der Waals surface area contributed by atoms with E-state index in [9.17, 15) is 5.25 Å². The summed E-state index contributed by atoms with van der Waals surface area (Å²) in [6, 6.07) is 43.5. The van der Waals surface area contributed by atoms with Gasteiger partial charge in [0.1, 0.15) is 0 Å². The van der Waals surface area contributed by atoms with E-state index in [1.165, 1.54) is 61.8 Å². The van der Waals surface area contributed by atoms with Gasteiger partial charge in [-0.2, -0.15) is 12.1 Å². The first-order valence-corrected chi connectivity index (χ1v) is 16.8. The van der Waals surface area contributed by atoms with Gasteiger partial charge in [-0.1, -0.05) is 97.8 Å². The minimum atomic E-state index is -3.70. The van der Waals surface area contributed by atoms with E-state index in [4.69, 9.17) is 0 Å². The van der Waals surface area contributed by atoms with Crippen molar-refractivity contribution in [1.82, 2.24) is 0 Å². The Hall–Kier alpha value is -3.29. The Labute approximate surface area is 240 Å². The van der Waals surface area contributed by atoms with Gasteiger partial charge in [0.25, 0.3) is 0 Å². The van der Waals surface area contributed by atoms with Crippen molar-refractivity contribution in [3.63, 3.8) is 0 Å². The Morgan fingerprint density at radius 2 is 0.974 bits per heavy atom. The number of halogens is 2. The van der Waals surface area contributed by atoms with Crippen molar-refractivity contribution < 1.29 is 27.7 Å². The van der Waals surface area contributed by atoms with Gasteiger partial charge in [-0.15, -0.1) is 69.1 Å². The van der Waals surface area contributed by atoms with Gasteiger partial charge in [-0.25, -0.2) is 0 Å². The van der Waals surface area contributed by atoms with Crippen molar-refractivity contribution in [2.45, 2.75) is 33.6 Å². The Morgan fingerprint density at radius 3 is 1.31 bits per heavy atom. The van der Waals surface area contributed by atoms with Crippen LogP contribution in [-0.4, -0.2) is 3.71 Å². The number of benzene rings is 4. The maximum atomic E-state index is 10.9. The Morgan fingerprint density at radius 1 is 0.590 bits per heavy atom. The van der Waals surface area contributed by atoms with Crippen molar-refractivity contribution in [3.05, 3.63) is 132 Å². The summed E-state index contributed by atoms with van der Waals surface area (Å²) in [5.74, 6) is 0. The van der Waals surface area contributed by atoms with Gasteiger partial charge < -0.3 is 0 Å². The number of aryl methyl sites for hydroxylation is 2. The third kappa shape index (κ3) is 7.43. The van der Waals surface area contributed by atoms with Crippen LogP contribution < -0.4 is 0 Å². The second-order valence-electron chi connectivity index (χ2n) is 9.36. The molecular weight excluding hydrogens is 562 g/mol. The van der Waals surface area contributed by atoms with Crippen molar-refractivity contribution in [3.8, 4) is 22.3 Å². The van der Waals surface area contributed by atoms with E-state index >= 15 is 0 Å². The molecule has 0 saturated carbocycles. The van der Waals surface area contributed by atoms with Gasteiger partial charge in [0.15, 0.2) is 0 Å². The van der Waals surface area contributed by atoms with Crippen molar-refractivity contribution in [2.24, 2.45) is 0 Å². The molecule has 6 aromatic rings. The van der Waals surface area contributed by atoms with E-state index in [0.29, 0.717) is 0 Å². The number of hydrogen-bond donors (Lipinski definition) is 0. The molecule has 0 spiro atoms. The van der Waals surface area contributed by atoms with Crippen LogP contribution in [0.2, 0.25) is 0 Å². The van der Waals surface area contributed by atoms with Crippen molar-refractivity contribution >= 4 is 25.3 Å². The Balaban J connectivity index is 0.000000155. The molecule has 39 heavy (non-hydrogen) atoms. The zero-order chi connectivity index (χ0) is 27.6. The van der Waals surface area contributed by atoms with E-state index < -0.39 is 22.5 Å². The van der Waals surface area contributed by atoms with Crippen LogP contribution in [0, 0.1) is 0 Å². The van der Waals surface area contributed by atoms with E-state index in [2.05, 4.69) is 135 Å². The summed E-state index contributed by atoms with van der Waals surface area (Å²) in [4.78, 5) is 0. The van der Waals surface area contributed by atoms with E-state index in [0.717, 1.165) is 16.6 Å². The third-order valence-corrected chi connectivity index (χ3v) is 7.90. The van der Waals surface area contributed by atoms with Crippen LogP contribution in [0.5, 0.6) is 0 Å². The average molecular weight is 596 g/mol. The summed E-state index contributed by atoms with van der Waals surface area (Å²) >= 11 is -3.70. The van der Waals surface area contributed by atoms with Crippen LogP contribution in [0.4, 0.5) is 5.25 Å². The molecule has 198 valence electrons. The van der Waals surface area contributed by atoms with Gasteiger partial charge in [-0.3, -0.25) is 0 Å². The van der Waals surface area contributed by atoms with Crippen LogP contribution in [-0.2, 0) is 35.3 Å². The molecule has 0 bridgehead atoms. The van der Waals surface area contributed by atoms with E-state index in [1.54, 1.807) is 0 Å². The first-order valence-electron chi connectivity index (χ1n) is 13.5. The molecule has 0 amide bonds. The number of fused-ring (bicyclic) bond motifs is 2. The molecule has 6 aromatic carbocycles. The molecule has 0 N–H and O–H groups in total. The Kier molecular flexibility index (Phi) is 10.5. The predicted molar refractivity (Wildman–Crippen MR) is 163 cm³/mol. The zero-order valence-corrected chi connectivity index (χ0v) is 25.3. The molecule has 0 fully saturated rings. The molecule has 0 radical (unpaired) electrons. The summed E-state index contributed by atoms with van der Waals surface area (Å²) in [7, 11) is 0. The second kappa shape index (κ2) is 14.2. The molecule has 0 saturated heterocycles. The zero-order valence-electron chi connectivity index (χ0n) is 22.8. The Bertz CT molecular complexity index is 1520. The fraction of sp³-hybridized carbons (Fsp3) is 0.139. The van der Waals surface area contributed by atoms with E-state index in [1.807, 2.05) is 0 Å². The van der Waals surface area contributed by atoms with Crippen LogP contribution in [0.1, 0.15) is 31.9 Å². The first-order chi connectivity index (χ1) is 19.0. The van der Waals surface area contributed by atoms with Crippen molar-refractivity contribution in [2.75, 3.05) is 0 Å². The monoisotopic (exact) mass is 594 g/mol. The summed E-state index contributed by atoms with van der Waals surface area (Å²) in [5, 5.41) is 5.44. The molecule has 0 nitrogen and oxygen atoms in total. The molecule has 0 atom stereocenters. The number of hydrogen-bond acceptors (Lipinski definition) is 0. The number of rotatable bonds is 4. The third-order valence-electron chi connectivity index (χ3n) is 6.83. The molecule has 3 heteroatoms. The summed E-state index contributed by atoms with van der Waals surface area (Å²) in [5.41, 5.74) is 8.11. The van der Waals surface area contributed by atoms with Crippen LogP contribution in [0.15, 0.2) is 121 Å². The van der Waals surface area contributed by atoms with Crippen molar-refractivity contribution in [1.29, 1.82) is 0 Å². The fourth-order valence-electron chi connectivity index (χ4n) is 4.74. The molecule has 0 unspecified atom stereocenters. The topological polar surface area (TPSA) is 0 Å². The maximum absolute atomic E-state index is 10.9. The van der Waals surface area contributed by atoms with Gasteiger partial charge >= 0.3 is 38.4 Å². The molecule has 0 aliphatic rings. The molecular formula is C36H34F2Zr-2. The average Bonchev–Trinajstić information content (AvgIpc) is 3.62. The van der Waals surface area contributed by atoms with Gasteiger partial charge in [-0.05, 0) is 24.0 Å². The van der Waals surface area contributed by atoms with Gasteiger partial charge in [0, 0.05) is 0 Å². The molecule has 0 aliphatic carbocycles. The molecule has 0 heterocycles. The fourth-order valence-corrected chi connectivity index (χ4v) is 4.74. The van der Waals surface area contributed by atoms with E-state index in [-0.39, 0.29) is 0 Å². The predicted octanol–water partition coefficient (Wildman–Crippen LogP) is 10.8. The normalized spacial score (nSPS) is 10.4. The molecule has 6 rings (SSSR count).